The van der Waals surface area contributed by atoms with Gasteiger partial charge in [0.1, 0.15) is 5.75 Å². The Labute approximate surface area is 153 Å². The van der Waals surface area contributed by atoms with Gasteiger partial charge >= 0.3 is 5.69 Å². The zero-order chi connectivity index (χ0) is 19.3. The molecule has 0 aliphatic carbocycles. The van der Waals surface area contributed by atoms with Gasteiger partial charge in [0.05, 0.1) is 18.6 Å². The lowest BCUT2D eigenvalue weighted by Crippen LogP contribution is -2.39. The van der Waals surface area contributed by atoms with Crippen molar-refractivity contribution >= 4 is 23.4 Å². The molecular weight excluding hydrogens is 358 g/mol. The second-order valence-corrected chi connectivity index (χ2v) is 6.29. The number of aromatic nitrogens is 3. The number of hydrogen-bond donors (Lipinski definition) is 1. The number of nitrogens with zero attached hydrogens (tertiary/aromatic N) is 4. The van der Waals surface area contributed by atoms with Gasteiger partial charge in [0.25, 0.3) is 5.56 Å². The summed E-state index contributed by atoms with van der Waals surface area (Å²) in [7, 11) is 4.38. The largest absolute Gasteiger partial charge is 0.497 e. The molecule has 1 amide bonds. The summed E-state index contributed by atoms with van der Waals surface area (Å²) in [6.07, 6.45) is 0. The van der Waals surface area contributed by atoms with E-state index in [1.54, 1.807) is 26.2 Å². The number of aryl methyl sites for hydroxylation is 1. The molecule has 9 nitrogen and oxygen atoms in total. The predicted molar refractivity (Wildman–Crippen MR) is 98.8 cm³/mol. The number of benzene rings is 1. The zero-order valence-electron chi connectivity index (χ0n) is 14.8. The van der Waals surface area contributed by atoms with Crippen LogP contribution >= 0.6 is 11.8 Å². The van der Waals surface area contributed by atoms with Gasteiger partial charge in [-0.25, -0.2) is 14.9 Å². The summed E-state index contributed by atoms with van der Waals surface area (Å²) in [4.78, 5) is 35.5. The van der Waals surface area contributed by atoms with Crippen LogP contribution in [0.5, 0.6) is 5.75 Å². The number of carbonyl (C=O) groups excluding carboxylic acids is 1. The van der Waals surface area contributed by atoms with E-state index in [2.05, 4.69) is 15.6 Å². The van der Waals surface area contributed by atoms with Crippen molar-refractivity contribution in [2.75, 3.05) is 12.9 Å². The predicted octanol–water partition coefficient (Wildman–Crippen LogP) is 0.120. The third-order valence-corrected chi connectivity index (χ3v) is 4.42. The van der Waals surface area contributed by atoms with Crippen LogP contribution in [0.1, 0.15) is 12.5 Å². The van der Waals surface area contributed by atoms with Crippen molar-refractivity contribution in [2.24, 2.45) is 19.2 Å². The highest BCUT2D eigenvalue weighted by Crippen LogP contribution is 2.12. The van der Waals surface area contributed by atoms with Crippen molar-refractivity contribution in [3.63, 3.8) is 0 Å². The molecule has 138 valence electrons. The average molecular weight is 377 g/mol. The Morgan fingerprint density at radius 1 is 1.27 bits per heavy atom. The molecule has 0 spiro atoms. The van der Waals surface area contributed by atoms with Gasteiger partial charge in [-0.3, -0.25) is 14.2 Å². The number of amides is 1. The molecular formula is C16H19N5O4S. The normalized spacial score (nSPS) is 11.3. The van der Waals surface area contributed by atoms with E-state index >= 15 is 0 Å². The number of carbonyl (C=O) groups is 1. The molecule has 26 heavy (non-hydrogen) atoms. The van der Waals surface area contributed by atoms with Crippen molar-refractivity contribution in [2.45, 2.75) is 11.9 Å². The monoisotopic (exact) mass is 377 g/mol. The minimum absolute atomic E-state index is 0.0557. The Morgan fingerprint density at radius 2 is 1.92 bits per heavy atom. The Morgan fingerprint density at radius 3 is 2.54 bits per heavy atom. The van der Waals surface area contributed by atoms with E-state index in [4.69, 9.17) is 4.74 Å². The van der Waals surface area contributed by atoms with Crippen LogP contribution in [0.4, 0.5) is 0 Å². The molecule has 1 aromatic carbocycles. The quantitative estimate of drug-likeness (QED) is 0.435. The summed E-state index contributed by atoms with van der Waals surface area (Å²) in [6, 6.07) is 7.26. The number of methoxy groups -OCH3 is 1. The van der Waals surface area contributed by atoms with Crippen LogP contribution in [0.3, 0.4) is 0 Å². The molecule has 0 aliphatic heterocycles. The number of nitrogens with one attached hydrogen (secondary N) is 1. The minimum atomic E-state index is -0.538. The van der Waals surface area contributed by atoms with Crippen molar-refractivity contribution in [1.29, 1.82) is 0 Å². The van der Waals surface area contributed by atoms with Crippen molar-refractivity contribution < 1.29 is 9.53 Å². The third kappa shape index (κ3) is 4.60. The SMILES string of the molecule is COc1ccc(/C(C)=N\NC(=O)CSc2nn(C)c(=O)n(C)c2=O)cc1. The first kappa shape index (κ1) is 19.4. The first-order chi connectivity index (χ1) is 12.3. The first-order valence-corrected chi connectivity index (χ1v) is 8.56. The van der Waals surface area contributed by atoms with Gasteiger partial charge in [0.2, 0.25) is 5.91 Å². The molecule has 2 aromatic rings. The standard InChI is InChI=1S/C16H19N5O4S/c1-10(11-5-7-12(25-4)8-6-11)17-18-13(22)9-26-14-15(23)20(2)16(24)21(3)19-14/h5-8H,9H2,1-4H3,(H,18,22)/b17-10-. The van der Waals surface area contributed by atoms with E-state index in [9.17, 15) is 14.4 Å². The molecule has 0 radical (unpaired) electrons. The second-order valence-electron chi connectivity index (χ2n) is 5.32. The number of hydrazone groups is 1. The lowest BCUT2D eigenvalue weighted by Gasteiger charge is -2.05. The van der Waals surface area contributed by atoms with Gasteiger partial charge in [-0.1, -0.05) is 11.8 Å². The molecule has 1 aromatic heterocycles. The smallest absolute Gasteiger partial charge is 0.346 e. The summed E-state index contributed by atoms with van der Waals surface area (Å²) < 4.78 is 7.08. The number of rotatable bonds is 6. The van der Waals surface area contributed by atoms with Crippen LogP contribution in [-0.2, 0) is 18.9 Å². The van der Waals surface area contributed by atoms with Gasteiger partial charge in [0.15, 0.2) is 5.03 Å². The van der Waals surface area contributed by atoms with Crippen molar-refractivity contribution in [3.05, 3.63) is 50.7 Å². The summed E-state index contributed by atoms with van der Waals surface area (Å²) in [5, 5.41) is 7.98. The molecule has 0 bridgehead atoms. The molecule has 0 saturated carbocycles. The molecule has 10 heteroatoms. The minimum Gasteiger partial charge on any atom is -0.497 e. The fourth-order valence-electron chi connectivity index (χ4n) is 1.97. The summed E-state index contributed by atoms with van der Waals surface area (Å²) in [6.45, 7) is 1.76. The highest BCUT2D eigenvalue weighted by molar-refractivity contribution is 7.99. The zero-order valence-corrected chi connectivity index (χ0v) is 15.7. The lowest BCUT2D eigenvalue weighted by molar-refractivity contribution is -0.118. The maximum absolute atomic E-state index is 12.0. The van der Waals surface area contributed by atoms with Crippen molar-refractivity contribution in [1.82, 2.24) is 19.8 Å². The fourth-order valence-corrected chi connectivity index (χ4v) is 2.74. The topological polar surface area (TPSA) is 108 Å². The summed E-state index contributed by atoms with van der Waals surface area (Å²) >= 11 is 0.943. The molecule has 0 unspecified atom stereocenters. The van der Waals surface area contributed by atoms with E-state index in [1.165, 1.54) is 14.1 Å². The van der Waals surface area contributed by atoms with Gasteiger partial charge in [0, 0.05) is 14.1 Å². The molecule has 1 N–H and O–H groups in total. The maximum Gasteiger partial charge on any atom is 0.346 e. The molecule has 0 atom stereocenters. The van der Waals surface area contributed by atoms with E-state index in [1.807, 2.05) is 12.1 Å². The summed E-state index contributed by atoms with van der Waals surface area (Å²) in [5.41, 5.74) is 2.84. The molecule has 0 saturated heterocycles. The van der Waals surface area contributed by atoms with E-state index in [0.717, 1.165) is 32.3 Å². The van der Waals surface area contributed by atoms with Crippen LogP contribution < -0.4 is 21.4 Å². The van der Waals surface area contributed by atoms with E-state index in [-0.39, 0.29) is 16.7 Å². The Bertz CT molecular complexity index is 947. The van der Waals surface area contributed by atoms with Crippen LogP contribution in [-0.4, -0.2) is 38.8 Å². The molecule has 1 heterocycles. The number of thioether (sulfide) groups is 1. The van der Waals surface area contributed by atoms with E-state index < -0.39 is 11.2 Å². The third-order valence-electron chi connectivity index (χ3n) is 3.49. The summed E-state index contributed by atoms with van der Waals surface area (Å²) in [5.74, 6) is 0.286. The van der Waals surface area contributed by atoms with E-state index in [0.29, 0.717) is 5.71 Å². The van der Waals surface area contributed by atoms with Crippen LogP contribution in [0.2, 0.25) is 0 Å². The Kier molecular flexibility index (Phi) is 6.34. The van der Waals surface area contributed by atoms with Crippen LogP contribution in [0, 0.1) is 0 Å². The molecule has 0 aliphatic rings. The fraction of sp³-hybridized carbons (Fsp3) is 0.312. The number of ether oxygens (including phenoxy) is 1. The van der Waals surface area contributed by atoms with Crippen LogP contribution in [0.15, 0.2) is 44.0 Å². The second kappa shape index (κ2) is 8.48. The highest BCUT2D eigenvalue weighted by Gasteiger charge is 2.11. The van der Waals surface area contributed by atoms with Gasteiger partial charge < -0.3 is 4.74 Å². The van der Waals surface area contributed by atoms with Crippen LogP contribution in [0.25, 0.3) is 0 Å². The Hall–Kier alpha value is -2.88. The van der Waals surface area contributed by atoms with Gasteiger partial charge in [-0.05, 0) is 36.8 Å². The maximum atomic E-state index is 12.0. The molecule has 0 fully saturated rings. The average Bonchev–Trinajstić information content (AvgIpc) is 2.66. The van der Waals surface area contributed by atoms with Gasteiger partial charge in [-0.15, -0.1) is 0 Å². The highest BCUT2D eigenvalue weighted by atomic mass is 32.2. The lowest BCUT2D eigenvalue weighted by atomic mass is 10.1. The van der Waals surface area contributed by atoms with Gasteiger partial charge in [-0.2, -0.15) is 10.2 Å². The van der Waals surface area contributed by atoms with Crippen molar-refractivity contribution in [3.8, 4) is 5.75 Å². The number of hydrogen-bond acceptors (Lipinski definition) is 7. The Balaban J connectivity index is 1.98. The molecule has 2 rings (SSSR count). The first-order valence-electron chi connectivity index (χ1n) is 7.58.